The Morgan fingerprint density at radius 2 is 1.80 bits per heavy atom. The molecule has 1 aliphatic rings. The Labute approximate surface area is 148 Å². The van der Waals surface area contributed by atoms with Crippen LogP contribution in [-0.2, 0) is 0 Å². The highest BCUT2D eigenvalue weighted by Gasteiger charge is 2.19. The lowest BCUT2D eigenvalue weighted by Gasteiger charge is -2.20. The van der Waals surface area contributed by atoms with Crippen molar-refractivity contribution in [1.82, 2.24) is 9.88 Å². The first-order valence-corrected chi connectivity index (χ1v) is 8.77. The summed E-state index contributed by atoms with van der Waals surface area (Å²) in [4.78, 5) is 31.1. The lowest BCUT2D eigenvalue weighted by atomic mass is 10.1. The number of aromatic nitrogens is 1. The summed E-state index contributed by atoms with van der Waals surface area (Å²) >= 11 is 0. The number of carbonyl (C=O) groups excluding carboxylic acids is 2. The summed E-state index contributed by atoms with van der Waals surface area (Å²) in [6.07, 6.45) is 5.94. The number of likely N-dealkylation sites (tertiary alicyclic amines) is 1. The Bertz CT molecular complexity index is 765. The summed E-state index contributed by atoms with van der Waals surface area (Å²) in [5, 5.41) is 2.83. The molecule has 1 saturated heterocycles. The minimum Gasteiger partial charge on any atom is -0.339 e. The molecule has 130 valence electrons. The van der Waals surface area contributed by atoms with E-state index in [-0.39, 0.29) is 17.5 Å². The Kier molecular flexibility index (Phi) is 5.43. The van der Waals surface area contributed by atoms with Crippen molar-refractivity contribution >= 4 is 17.5 Å². The molecule has 5 nitrogen and oxygen atoms in total. The van der Waals surface area contributed by atoms with Gasteiger partial charge in [0.2, 0.25) is 0 Å². The normalized spacial score (nSPS) is 14.7. The van der Waals surface area contributed by atoms with Gasteiger partial charge in [-0.15, -0.1) is 0 Å². The predicted molar refractivity (Wildman–Crippen MR) is 97.7 cm³/mol. The number of anilines is 1. The lowest BCUT2D eigenvalue weighted by molar-refractivity contribution is 0.0761. The maximum Gasteiger partial charge on any atom is 0.274 e. The molecule has 0 radical (unpaired) electrons. The average Bonchev–Trinajstić information content (AvgIpc) is 2.90. The van der Waals surface area contributed by atoms with Gasteiger partial charge in [0.25, 0.3) is 11.8 Å². The number of pyridine rings is 1. The fourth-order valence-corrected chi connectivity index (χ4v) is 3.06. The number of hydrogen-bond acceptors (Lipinski definition) is 3. The van der Waals surface area contributed by atoms with E-state index < -0.39 is 0 Å². The van der Waals surface area contributed by atoms with E-state index in [4.69, 9.17) is 0 Å². The van der Waals surface area contributed by atoms with Crippen LogP contribution in [0.15, 0.2) is 42.6 Å². The maximum atomic E-state index is 12.7. The molecule has 1 aromatic heterocycles. The van der Waals surface area contributed by atoms with Crippen molar-refractivity contribution in [2.24, 2.45) is 0 Å². The van der Waals surface area contributed by atoms with E-state index in [2.05, 4.69) is 10.3 Å². The smallest absolute Gasteiger partial charge is 0.274 e. The van der Waals surface area contributed by atoms with Crippen LogP contribution < -0.4 is 5.32 Å². The molecule has 2 aromatic rings. The van der Waals surface area contributed by atoms with Gasteiger partial charge in [-0.3, -0.25) is 14.6 Å². The number of carbonyl (C=O) groups is 2. The van der Waals surface area contributed by atoms with Crippen molar-refractivity contribution in [3.05, 3.63) is 59.4 Å². The summed E-state index contributed by atoms with van der Waals surface area (Å²) in [5.74, 6) is -0.329. The van der Waals surface area contributed by atoms with Gasteiger partial charge in [-0.2, -0.15) is 0 Å². The number of nitrogens with zero attached hydrogens (tertiary/aromatic N) is 2. The third kappa shape index (κ3) is 4.44. The zero-order valence-corrected chi connectivity index (χ0v) is 14.5. The van der Waals surface area contributed by atoms with E-state index >= 15 is 0 Å². The Balaban J connectivity index is 1.74. The molecule has 0 saturated carbocycles. The van der Waals surface area contributed by atoms with Crippen molar-refractivity contribution in [3.63, 3.8) is 0 Å². The molecular formula is C20H23N3O2. The fraction of sp³-hybridized carbons (Fsp3) is 0.350. The standard InChI is InChI=1S/C20H23N3O2/c1-15-7-6-8-17(13-15)22-19(24)18-14-16(9-10-21-18)20(25)23-11-4-2-3-5-12-23/h6-10,13-14H,2-5,11-12H2,1H3,(H,22,24). The molecular weight excluding hydrogens is 314 g/mol. The van der Waals surface area contributed by atoms with E-state index in [1.54, 1.807) is 12.1 Å². The van der Waals surface area contributed by atoms with Crippen LogP contribution in [0.1, 0.15) is 52.1 Å². The second-order valence-corrected chi connectivity index (χ2v) is 6.46. The quantitative estimate of drug-likeness (QED) is 0.930. The van der Waals surface area contributed by atoms with Crippen LogP contribution in [0, 0.1) is 6.92 Å². The van der Waals surface area contributed by atoms with E-state index in [9.17, 15) is 9.59 Å². The number of rotatable bonds is 3. The topological polar surface area (TPSA) is 62.3 Å². The third-order valence-corrected chi connectivity index (χ3v) is 4.41. The first kappa shape index (κ1) is 17.1. The highest BCUT2D eigenvalue weighted by Crippen LogP contribution is 2.15. The summed E-state index contributed by atoms with van der Waals surface area (Å²) in [7, 11) is 0. The van der Waals surface area contributed by atoms with Crippen LogP contribution in [0.2, 0.25) is 0 Å². The molecule has 1 aliphatic heterocycles. The van der Waals surface area contributed by atoms with Crippen molar-refractivity contribution in [3.8, 4) is 0 Å². The maximum absolute atomic E-state index is 12.7. The van der Waals surface area contributed by atoms with Gasteiger partial charge in [-0.1, -0.05) is 25.0 Å². The molecule has 1 fully saturated rings. The van der Waals surface area contributed by atoms with Gasteiger partial charge in [-0.05, 0) is 49.6 Å². The molecule has 25 heavy (non-hydrogen) atoms. The first-order valence-electron chi connectivity index (χ1n) is 8.77. The number of aryl methyl sites for hydroxylation is 1. The lowest BCUT2D eigenvalue weighted by Crippen LogP contribution is -2.32. The average molecular weight is 337 g/mol. The van der Waals surface area contributed by atoms with E-state index in [1.165, 1.54) is 19.0 Å². The highest BCUT2D eigenvalue weighted by atomic mass is 16.2. The second-order valence-electron chi connectivity index (χ2n) is 6.46. The Hall–Kier alpha value is -2.69. The van der Waals surface area contributed by atoms with Crippen molar-refractivity contribution in [1.29, 1.82) is 0 Å². The van der Waals surface area contributed by atoms with Crippen LogP contribution >= 0.6 is 0 Å². The fourth-order valence-electron chi connectivity index (χ4n) is 3.06. The highest BCUT2D eigenvalue weighted by molar-refractivity contribution is 6.04. The second kappa shape index (κ2) is 7.92. The van der Waals surface area contributed by atoms with Gasteiger partial charge >= 0.3 is 0 Å². The summed E-state index contributed by atoms with van der Waals surface area (Å²) in [6, 6.07) is 10.8. The van der Waals surface area contributed by atoms with Crippen LogP contribution in [0.4, 0.5) is 5.69 Å². The molecule has 1 aromatic carbocycles. The molecule has 3 rings (SSSR count). The van der Waals surface area contributed by atoms with Gasteiger partial charge < -0.3 is 10.2 Å². The van der Waals surface area contributed by atoms with E-state index in [0.29, 0.717) is 5.56 Å². The zero-order chi connectivity index (χ0) is 17.6. The number of hydrogen-bond donors (Lipinski definition) is 1. The van der Waals surface area contributed by atoms with Crippen LogP contribution in [0.5, 0.6) is 0 Å². The van der Waals surface area contributed by atoms with Crippen molar-refractivity contribution in [2.45, 2.75) is 32.6 Å². The minimum atomic E-state index is -0.309. The number of nitrogens with one attached hydrogen (secondary N) is 1. The summed E-state index contributed by atoms with van der Waals surface area (Å²) < 4.78 is 0. The minimum absolute atomic E-state index is 0.0195. The third-order valence-electron chi connectivity index (χ3n) is 4.41. The van der Waals surface area contributed by atoms with Crippen molar-refractivity contribution < 1.29 is 9.59 Å². The molecule has 0 unspecified atom stereocenters. The first-order chi connectivity index (χ1) is 12.1. The monoisotopic (exact) mass is 337 g/mol. The van der Waals surface area contributed by atoms with Gasteiger partial charge in [-0.25, -0.2) is 0 Å². The van der Waals surface area contributed by atoms with Gasteiger partial charge in [0.15, 0.2) is 0 Å². The van der Waals surface area contributed by atoms with Crippen LogP contribution in [-0.4, -0.2) is 34.8 Å². The van der Waals surface area contributed by atoms with E-state index in [0.717, 1.165) is 37.2 Å². The molecule has 0 spiro atoms. The SMILES string of the molecule is Cc1cccc(NC(=O)c2cc(C(=O)N3CCCCCC3)ccn2)c1. The van der Waals surface area contributed by atoms with Crippen LogP contribution in [0.25, 0.3) is 0 Å². The zero-order valence-electron chi connectivity index (χ0n) is 14.5. The molecule has 2 heterocycles. The molecule has 5 heteroatoms. The molecule has 0 atom stereocenters. The number of benzene rings is 1. The molecule has 0 aliphatic carbocycles. The van der Waals surface area contributed by atoms with Gasteiger partial charge in [0.1, 0.15) is 5.69 Å². The number of amides is 2. The Morgan fingerprint density at radius 3 is 2.52 bits per heavy atom. The molecule has 0 bridgehead atoms. The predicted octanol–water partition coefficient (Wildman–Crippen LogP) is 3.66. The molecule has 2 amide bonds. The summed E-state index contributed by atoms with van der Waals surface area (Å²) in [5.41, 5.74) is 2.56. The Morgan fingerprint density at radius 1 is 1.04 bits per heavy atom. The summed E-state index contributed by atoms with van der Waals surface area (Å²) in [6.45, 7) is 3.53. The van der Waals surface area contributed by atoms with Crippen molar-refractivity contribution in [2.75, 3.05) is 18.4 Å². The van der Waals surface area contributed by atoms with Gasteiger partial charge in [0, 0.05) is 30.5 Å². The molecule has 1 N–H and O–H groups in total. The van der Waals surface area contributed by atoms with Gasteiger partial charge in [0.05, 0.1) is 0 Å². The van der Waals surface area contributed by atoms with E-state index in [1.807, 2.05) is 36.1 Å². The van der Waals surface area contributed by atoms with Crippen LogP contribution in [0.3, 0.4) is 0 Å². The largest absolute Gasteiger partial charge is 0.339 e.